The molecular weight excluding hydrogens is 939 g/mol. The van der Waals surface area contributed by atoms with Gasteiger partial charge in [-0.1, -0.05) is 48.5 Å². The largest absolute Gasteiger partial charge is 0.445 e. The van der Waals surface area contributed by atoms with Crippen LogP contribution in [0.2, 0.25) is 0 Å². The average Bonchev–Trinajstić information content (AvgIpc) is 4.24. The molecule has 16 heteroatoms. The van der Waals surface area contributed by atoms with Crippen LogP contribution in [0.5, 0.6) is 0 Å². The molecule has 73 heavy (non-hydrogen) atoms. The molecule has 0 aromatic heterocycles. The summed E-state index contributed by atoms with van der Waals surface area (Å²) in [5.74, 6) is -0.900. The lowest BCUT2D eigenvalue weighted by molar-refractivity contribution is -0.191. The molecule has 4 heterocycles. The predicted octanol–water partition coefficient (Wildman–Crippen LogP) is 8.36. The van der Waals surface area contributed by atoms with Crippen LogP contribution in [-0.2, 0) is 33.4 Å². The van der Waals surface area contributed by atoms with E-state index in [1.165, 1.54) is 12.2 Å². The van der Waals surface area contributed by atoms with Crippen molar-refractivity contribution in [1.82, 2.24) is 20.4 Å². The van der Waals surface area contributed by atoms with Crippen molar-refractivity contribution in [3.05, 3.63) is 24.8 Å². The Kier molecular flexibility index (Phi) is 14.7. The van der Waals surface area contributed by atoms with Crippen LogP contribution < -0.4 is 10.6 Å². The van der Waals surface area contributed by atoms with Crippen molar-refractivity contribution in [2.75, 3.05) is 46.4 Å². The smallest absolute Gasteiger partial charge is 0.414 e. The summed E-state index contributed by atoms with van der Waals surface area (Å²) in [6, 6.07) is 0. The first-order valence-electron chi connectivity index (χ1n) is 27.8. The van der Waals surface area contributed by atoms with Crippen LogP contribution in [0, 0.1) is 91.7 Å². The van der Waals surface area contributed by atoms with Gasteiger partial charge in [-0.15, -0.1) is 0 Å². The number of imide groups is 2. The van der Waals surface area contributed by atoms with Crippen molar-refractivity contribution in [2.24, 2.45) is 91.7 Å². The summed E-state index contributed by atoms with van der Waals surface area (Å²) in [5, 5.41) is 16.6. The molecule has 3 N–H and O–H groups in total. The van der Waals surface area contributed by atoms with Crippen LogP contribution in [0.25, 0.3) is 0 Å². The second-order valence-corrected chi connectivity index (χ2v) is 26.1. The number of halogens is 2. The molecule has 0 aromatic carbocycles. The van der Waals surface area contributed by atoms with Crippen molar-refractivity contribution >= 4 is 35.6 Å². The molecule has 6 saturated carbocycles. The van der Waals surface area contributed by atoms with Gasteiger partial charge in [-0.2, -0.15) is 0 Å². The van der Waals surface area contributed by atoms with Gasteiger partial charge in [0.2, 0.25) is 11.8 Å². The van der Waals surface area contributed by atoms with E-state index in [1.54, 1.807) is 21.0 Å². The molecule has 0 radical (unpaired) electrons. The molecule has 0 aromatic rings. The Labute approximate surface area is 431 Å². The molecule has 6 unspecified atom stereocenters. The number of Topliss-reactive ketones (excluding diaryl/α,β-unsaturated/α-hetero) is 2. The van der Waals surface area contributed by atoms with Gasteiger partial charge in [0.05, 0.1) is 42.1 Å². The van der Waals surface area contributed by atoms with Crippen molar-refractivity contribution in [3.63, 3.8) is 0 Å². The highest BCUT2D eigenvalue weighted by atomic mass is 19.1. The monoisotopic (exact) mass is 1020 g/mol. The zero-order valence-corrected chi connectivity index (χ0v) is 44.9. The number of fused-ring (bicyclic) bond motifs is 4. The van der Waals surface area contributed by atoms with Gasteiger partial charge in [0, 0.05) is 80.1 Å². The standard InChI is InChI=1S/C29H43FN2O5.C28H41FN2O5/c1-17-6-9-29-10-7-21(36-5)23(29)28(17,4)22(14-27(3,11-12-30)24(33)18(29)2)37-26(35)31-25(34)20-16-32-13-8-19(20)15-32;1-16-5-8-28-9-6-20(32)22(28)27(16,4)21(13-26(3,10-11-29)23(33)17(28)2)36-25(35)30-24(34)19-15-31-12-7-18(19)14-31/h11-12,17-23H,6-10,13-16H2,1-5H3,(H,31,34,35);10-11,16-19,21-23,33H,5-9,12-15H2,1-4H3,(H,30,34,35)/b12-11+;11-10+/t17-,18+,19-,20+,21-,22-,23?,27-,28+,29?;16-,17+,18-,19+,21-,22?,23+,26-,27+,28?/m11/s1. The molecule has 4 aliphatic heterocycles. The number of alkyl carbamates (subject to hydrolysis) is 2. The number of piperidine rings is 2. The Morgan fingerprint density at radius 1 is 0.685 bits per heavy atom. The second kappa shape index (κ2) is 19.8. The fourth-order valence-corrected chi connectivity index (χ4v) is 18.4. The number of ketones is 2. The van der Waals surface area contributed by atoms with Crippen LogP contribution >= 0.6 is 0 Å². The van der Waals surface area contributed by atoms with E-state index in [0.29, 0.717) is 38.6 Å². The fraction of sp³-hybridized carbons (Fsp3) is 0.825. The second-order valence-electron chi connectivity index (χ2n) is 26.1. The van der Waals surface area contributed by atoms with Crippen LogP contribution in [0.15, 0.2) is 24.8 Å². The zero-order valence-electron chi connectivity index (χ0n) is 44.9. The summed E-state index contributed by atoms with van der Waals surface area (Å²) in [5.41, 5.74) is -4.03. The normalized spacial score (nSPS) is 49.5. The quantitative estimate of drug-likeness (QED) is 0.222. The van der Waals surface area contributed by atoms with Crippen molar-refractivity contribution in [3.8, 4) is 0 Å². The number of aliphatic hydroxyl groups is 1. The lowest BCUT2D eigenvalue weighted by Crippen LogP contribution is -2.63. The summed E-state index contributed by atoms with van der Waals surface area (Å²) >= 11 is 0. The molecule has 10 rings (SSSR count). The maximum atomic E-state index is 14.0. The van der Waals surface area contributed by atoms with E-state index in [9.17, 15) is 42.7 Å². The number of allylic oxidation sites excluding steroid dienone is 1. The highest BCUT2D eigenvalue weighted by molar-refractivity contribution is 5.95. The molecule has 14 nitrogen and oxygen atoms in total. The number of rotatable bonds is 7. The van der Waals surface area contributed by atoms with E-state index in [0.717, 1.165) is 77.5 Å². The number of nitrogens with one attached hydrogen (secondary N) is 2. The van der Waals surface area contributed by atoms with E-state index in [-0.39, 0.29) is 107 Å². The summed E-state index contributed by atoms with van der Waals surface area (Å²) in [6.45, 7) is 21.2. The molecule has 4 saturated heterocycles. The van der Waals surface area contributed by atoms with Gasteiger partial charge >= 0.3 is 12.2 Å². The van der Waals surface area contributed by atoms with Crippen molar-refractivity contribution in [2.45, 2.75) is 157 Å². The van der Waals surface area contributed by atoms with E-state index in [4.69, 9.17) is 14.2 Å². The Bertz CT molecular complexity index is 2260. The van der Waals surface area contributed by atoms with Crippen LogP contribution in [0.1, 0.15) is 132 Å². The summed E-state index contributed by atoms with van der Waals surface area (Å²) in [4.78, 5) is 84.3. The third-order valence-electron chi connectivity index (χ3n) is 23.1. The molecule has 406 valence electrons. The molecule has 22 atom stereocenters. The number of amides is 4. The highest BCUT2D eigenvalue weighted by Gasteiger charge is 2.70. The molecule has 6 aliphatic carbocycles. The van der Waals surface area contributed by atoms with Gasteiger partial charge in [0.25, 0.3) is 0 Å². The maximum Gasteiger partial charge on any atom is 0.414 e. The topological polar surface area (TPSA) is 181 Å². The first-order valence-corrected chi connectivity index (χ1v) is 27.8. The number of methoxy groups -OCH3 is 1. The van der Waals surface area contributed by atoms with Gasteiger partial charge < -0.3 is 29.1 Å². The molecule has 8 bridgehead atoms. The Morgan fingerprint density at radius 3 is 1.71 bits per heavy atom. The Morgan fingerprint density at radius 2 is 1.21 bits per heavy atom. The third-order valence-corrected chi connectivity index (χ3v) is 23.1. The van der Waals surface area contributed by atoms with E-state index in [2.05, 4.69) is 41.2 Å². The lowest BCUT2D eigenvalue weighted by atomic mass is 9.44. The third kappa shape index (κ3) is 8.68. The van der Waals surface area contributed by atoms with E-state index < -0.39 is 57.6 Å². The number of aliphatic hydroxyl groups excluding tert-OH is 1. The minimum Gasteiger partial charge on any atom is -0.445 e. The SMILES string of the molecule is CO[C@@H]1CCC23CC[C@@H](C)[C@](C)(C12)[C@H](OC(=O)NC(=O)[C@H]1CN2CC[C@@H]1C2)C[C@@](C)(/C=C/F)C(=O)[C@@H]3C.C[C@@H]1CCC23CCC(=O)C2[C@]1(C)[C@H](OC(=O)NC(=O)[C@H]1CN2CC[C@@H]1C2)C[C@@](C)(/C=C/F)[C@@H](O)[C@@H]3C. The molecule has 4 amide bonds. The Hall–Kier alpha value is -3.60. The molecular formula is C57H84F2N4O10. The van der Waals surface area contributed by atoms with Crippen molar-refractivity contribution < 1.29 is 56.9 Å². The first-order chi connectivity index (χ1) is 34.5. The van der Waals surface area contributed by atoms with E-state index >= 15 is 0 Å². The number of hydrogen-bond acceptors (Lipinski definition) is 12. The number of carbonyl (C=O) groups is 6. The van der Waals surface area contributed by atoms with Crippen LogP contribution in [0.3, 0.4) is 0 Å². The van der Waals surface area contributed by atoms with E-state index in [1.807, 2.05) is 20.8 Å². The van der Waals surface area contributed by atoms with Gasteiger partial charge in [-0.05, 0) is 137 Å². The van der Waals surface area contributed by atoms with Crippen molar-refractivity contribution in [1.29, 1.82) is 0 Å². The highest BCUT2D eigenvalue weighted by Crippen LogP contribution is 2.70. The molecule has 10 fully saturated rings. The Balaban J connectivity index is 0.000000180. The minimum absolute atomic E-state index is 0.0125. The van der Waals surface area contributed by atoms with Gasteiger partial charge in [0.1, 0.15) is 23.8 Å². The predicted molar refractivity (Wildman–Crippen MR) is 267 cm³/mol. The first kappa shape index (κ1) is 54.2. The number of nitrogens with zero attached hydrogens (tertiary/aromatic N) is 2. The minimum atomic E-state index is -1.12. The average molecular weight is 1020 g/mol. The molecule has 10 aliphatic rings. The van der Waals surface area contributed by atoms with Gasteiger partial charge in [-0.3, -0.25) is 29.8 Å². The number of carbonyl (C=O) groups excluding carboxylic acids is 6. The van der Waals surface area contributed by atoms with Gasteiger partial charge in [0.15, 0.2) is 0 Å². The summed E-state index contributed by atoms with van der Waals surface area (Å²) < 4.78 is 45.6. The zero-order chi connectivity index (χ0) is 52.8. The summed E-state index contributed by atoms with van der Waals surface area (Å²) in [6.07, 6.45) is 8.19. The number of ether oxygens (including phenoxy) is 3. The fourth-order valence-electron chi connectivity index (χ4n) is 18.4. The maximum absolute atomic E-state index is 14.0. The van der Waals surface area contributed by atoms with Crippen LogP contribution in [-0.4, -0.2) is 121 Å². The van der Waals surface area contributed by atoms with Gasteiger partial charge in [-0.25, -0.2) is 18.4 Å². The lowest BCUT2D eigenvalue weighted by Gasteiger charge is -2.61. The van der Waals surface area contributed by atoms with Crippen LogP contribution in [0.4, 0.5) is 18.4 Å². The molecule has 0 spiro atoms. The number of hydrogen-bond donors (Lipinski definition) is 3. The summed E-state index contributed by atoms with van der Waals surface area (Å²) in [7, 11) is 1.72.